The number of hydrogen-bond acceptors (Lipinski definition) is 12. The van der Waals surface area contributed by atoms with Crippen molar-refractivity contribution < 1.29 is 33.4 Å². The van der Waals surface area contributed by atoms with Crippen molar-refractivity contribution in [3.63, 3.8) is 0 Å². The first-order valence-electron chi connectivity index (χ1n) is 19.8. The van der Waals surface area contributed by atoms with Crippen molar-refractivity contribution in [2.45, 2.75) is 20.1 Å². The second-order valence-electron chi connectivity index (χ2n) is 14.0. The Balaban J connectivity index is 1.17. The summed E-state index contributed by atoms with van der Waals surface area (Å²) in [5.41, 5.74) is 3.74. The standard InChI is InChI=1S/C44H49BrN8O7/c1-2-58-41(55)29-51-21-25-52(43(56)59-30-33-9-5-3-6-10-33)23-19-50(20-24-53(26-22-51)44(57)60-31-34-11-7-4-8-12-34)28-40(54)48-37-17-18-38-39(27-37)46-32-47-42(38)49-36-15-13-35(45)14-16-36/h3-18,27,32H,2,19-26,28-31H2,1H3,(H,48,54)(H,46,47,49). The number of anilines is 3. The highest BCUT2D eigenvalue weighted by molar-refractivity contribution is 9.10. The van der Waals surface area contributed by atoms with E-state index in [9.17, 15) is 19.2 Å². The van der Waals surface area contributed by atoms with E-state index in [1.165, 1.54) is 6.33 Å². The van der Waals surface area contributed by atoms with Crippen molar-refractivity contribution in [1.29, 1.82) is 0 Å². The zero-order valence-electron chi connectivity index (χ0n) is 33.5. The zero-order chi connectivity index (χ0) is 42.1. The van der Waals surface area contributed by atoms with Gasteiger partial charge in [0, 0.05) is 73.6 Å². The van der Waals surface area contributed by atoms with E-state index in [2.05, 4.69) is 36.5 Å². The summed E-state index contributed by atoms with van der Waals surface area (Å²) in [5.74, 6) is -0.0714. The van der Waals surface area contributed by atoms with Gasteiger partial charge in [-0.2, -0.15) is 0 Å². The van der Waals surface area contributed by atoms with Crippen molar-refractivity contribution in [3.05, 3.63) is 125 Å². The van der Waals surface area contributed by atoms with Crippen LogP contribution >= 0.6 is 15.9 Å². The minimum Gasteiger partial charge on any atom is -0.465 e. The highest BCUT2D eigenvalue weighted by Crippen LogP contribution is 2.26. The lowest BCUT2D eigenvalue weighted by molar-refractivity contribution is -0.144. The lowest BCUT2D eigenvalue weighted by Crippen LogP contribution is -2.50. The minimum absolute atomic E-state index is 0.0241. The number of carbonyl (C=O) groups excluding carboxylic acids is 4. The van der Waals surface area contributed by atoms with Crippen molar-refractivity contribution >= 4 is 68.1 Å². The number of esters is 1. The van der Waals surface area contributed by atoms with E-state index in [0.717, 1.165) is 26.7 Å². The summed E-state index contributed by atoms with van der Waals surface area (Å²) >= 11 is 3.46. The molecule has 15 nitrogen and oxygen atoms in total. The Morgan fingerprint density at radius 2 is 1.17 bits per heavy atom. The summed E-state index contributed by atoms with van der Waals surface area (Å²) in [4.78, 5) is 69.3. The molecule has 1 saturated heterocycles. The van der Waals surface area contributed by atoms with Gasteiger partial charge in [0.25, 0.3) is 0 Å². The molecular formula is C44H49BrN8O7. The van der Waals surface area contributed by atoms with E-state index in [-0.39, 0.29) is 78.1 Å². The Hall–Kier alpha value is -6.10. The van der Waals surface area contributed by atoms with Crippen LogP contribution in [-0.2, 0) is 37.0 Å². The Morgan fingerprint density at radius 3 is 1.72 bits per heavy atom. The average molecular weight is 882 g/mol. The van der Waals surface area contributed by atoms with Crippen molar-refractivity contribution in [3.8, 4) is 0 Å². The third kappa shape index (κ3) is 13.5. The minimum atomic E-state index is -0.519. The first kappa shape index (κ1) is 43.5. The van der Waals surface area contributed by atoms with Crippen LogP contribution < -0.4 is 10.6 Å². The quantitative estimate of drug-likeness (QED) is 0.103. The maximum atomic E-state index is 13.7. The van der Waals surface area contributed by atoms with Crippen LogP contribution in [0.3, 0.4) is 0 Å². The van der Waals surface area contributed by atoms with Gasteiger partial charge in [-0.15, -0.1) is 0 Å². The molecule has 0 aliphatic carbocycles. The largest absolute Gasteiger partial charge is 0.465 e. The number of nitrogens with zero attached hydrogens (tertiary/aromatic N) is 6. The molecule has 0 saturated carbocycles. The number of ether oxygens (including phenoxy) is 3. The van der Waals surface area contributed by atoms with Crippen molar-refractivity contribution in [2.75, 3.05) is 82.7 Å². The fraction of sp³-hybridized carbons (Fsp3) is 0.318. The summed E-state index contributed by atoms with van der Waals surface area (Å²) in [6.45, 7) is 4.16. The molecule has 1 aliphatic rings. The second-order valence-corrected chi connectivity index (χ2v) is 15.0. The monoisotopic (exact) mass is 880 g/mol. The summed E-state index contributed by atoms with van der Waals surface area (Å²) in [7, 11) is 0. The van der Waals surface area contributed by atoms with Crippen LogP contribution in [0.15, 0.2) is 114 Å². The van der Waals surface area contributed by atoms with Gasteiger partial charge in [0.05, 0.1) is 25.2 Å². The number of benzene rings is 4. The number of amides is 3. The molecule has 4 aromatic carbocycles. The highest BCUT2D eigenvalue weighted by atomic mass is 79.9. The molecule has 5 aromatic rings. The Labute approximate surface area is 357 Å². The number of carbonyl (C=O) groups is 4. The molecule has 1 aliphatic heterocycles. The second kappa shape index (κ2) is 22.3. The maximum absolute atomic E-state index is 13.7. The molecule has 2 N–H and O–H groups in total. The molecule has 0 atom stereocenters. The van der Waals surface area contributed by atoms with E-state index >= 15 is 0 Å². The van der Waals surface area contributed by atoms with Crippen LogP contribution in [-0.4, -0.2) is 126 Å². The molecule has 3 amide bonds. The number of rotatable bonds is 12. The molecule has 1 aromatic heterocycles. The van der Waals surface area contributed by atoms with Crippen LogP contribution in [0, 0.1) is 0 Å². The number of aromatic nitrogens is 2. The van der Waals surface area contributed by atoms with Gasteiger partial charge in [-0.25, -0.2) is 19.6 Å². The Morgan fingerprint density at radius 1 is 0.633 bits per heavy atom. The van der Waals surface area contributed by atoms with Crippen LogP contribution in [0.1, 0.15) is 18.1 Å². The van der Waals surface area contributed by atoms with Crippen LogP contribution in [0.5, 0.6) is 0 Å². The molecule has 0 bridgehead atoms. The molecule has 16 heteroatoms. The third-order valence-corrected chi connectivity index (χ3v) is 10.3. The predicted octanol–water partition coefficient (Wildman–Crippen LogP) is 6.53. The number of halogens is 1. The van der Waals surface area contributed by atoms with Gasteiger partial charge >= 0.3 is 18.2 Å². The molecule has 2 heterocycles. The average Bonchev–Trinajstić information content (AvgIpc) is 3.25. The van der Waals surface area contributed by atoms with Crippen molar-refractivity contribution in [2.24, 2.45) is 0 Å². The molecule has 0 radical (unpaired) electrons. The summed E-state index contributed by atoms with van der Waals surface area (Å²) in [6, 6.07) is 32.0. The van der Waals surface area contributed by atoms with E-state index in [1.807, 2.05) is 101 Å². The van der Waals surface area contributed by atoms with Gasteiger partial charge in [0.2, 0.25) is 5.91 Å². The third-order valence-electron chi connectivity index (χ3n) is 9.72. The van der Waals surface area contributed by atoms with Crippen LogP contribution in [0.25, 0.3) is 10.9 Å². The normalized spacial score (nSPS) is 14.4. The molecule has 314 valence electrons. The lowest BCUT2D eigenvalue weighted by atomic mass is 10.2. The fourth-order valence-electron chi connectivity index (χ4n) is 6.50. The van der Waals surface area contributed by atoms with E-state index in [4.69, 9.17) is 14.2 Å². The van der Waals surface area contributed by atoms with Crippen LogP contribution in [0.2, 0.25) is 0 Å². The molecule has 0 unspecified atom stereocenters. The SMILES string of the molecule is CCOC(=O)CN1CCN(C(=O)OCc2ccccc2)CCN(CC(=O)Nc2ccc3c(Nc4ccc(Br)cc4)ncnc3c2)CCN(C(=O)OCc2ccccc2)CC1. The highest BCUT2D eigenvalue weighted by Gasteiger charge is 2.25. The number of fused-ring (bicyclic) bond motifs is 1. The van der Waals surface area contributed by atoms with Crippen LogP contribution in [0.4, 0.5) is 26.8 Å². The van der Waals surface area contributed by atoms with Gasteiger partial charge < -0.3 is 34.6 Å². The molecule has 6 rings (SSSR count). The van der Waals surface area contributed by atoms with Gasteiger partial charge in [-0.05, 0) is 60.5 Å². The van der Waals surface area contributed by atoms with E-state index in [0.29, 0.717) is 30.1 Å². The predicted molar refractivity (Wildman–Crippen MR) is 232 cm³/mol. The first-order chi connectivity index (χ1) is 29.2. The Kier molecular flexibility index (Phi) is 16.2. The van der Waals surface area contributed by atoms with Gasteiger partial charge in [-0.3, -0.25) is 19.4 Å². The molecule has 1 fully saturated rings. The summed E-state index contributed by atoms with van der Waals surface area (Å²) in [5, 5.41) is 7.10. The van der Waals surface area contributed by atoms with Crippen molar-refractivity contribution in [1.82, 2.24) is 29.6 Å². The molecule has 60 heavy (non-hydrogen) atoms. The van der Waals surface area contributed by atoms with Gasteiger partial charge in [0.15, 0.2) is 0 Å². The lowest BCUT2D eigenvalue weighted by Gasteiger charge is -2.33. The van der Waals surface area contributed by atoms with E-state index in [1.54, 1.807) is 28.9 Å². The molecular weight excluding hydrogens is 832 g/mol. The Bertz CT molecular complexity index is 2110. The number of nitrogens with one attached hydrogen (secondary N) is 2. The fourth-order valence-corrected chi connectivity index (χ4v) is 6.76. The number of hydrogen-bond donors (Lipinski definition) is 2. The van der Waals surface area contributed by atoms with Gasteiger partial charge in [0.1, 0.15) is 25.4 Å². The summed E-state index contributed by atoms with van der Waals surface area (Å²) in [6.07, 6.45) is 0.430. The topological polar surface area (TPSA) is 159 Å². The summed E-state index contributed by atoms with van der Waals surface area (Å²) < 4.78 is 17.7. The first-order valence-corrected chi connectivity index (χ1v) is 20.6. The molecule has 0 spiro atoms. The maximum Gasteiger partial charge on any atom is 0.410 e. The van der Waals surface area contributed by atoms with E-state index < -0.39 is 18.2 Å². The smallest absolute Gasteiger partial charge is 0.410 e. The zero-order valence-corrected chi connectivity index (χ0v) is 35.1. The van der Waals surface area contributed by atoms with Gasteiger partial charge in [-0.1, -0.05) is 76.6 Å².